The molecule has 4 N–H and O–H groups in total. The van der Waals surface area contributed by atoms with Crippen LogP contribution in [0.25, 0.3) is 0 Å². The minimum absolute atomic E-state index is 0. The minimum Gasteiger partial charge on any atom is -0.388 e. The van der Waals surface area contributed by atoms with E-state index >= 15 is 0 Å². The molecular formula is C14H29IN4O2. The first-order valence-corrected chi connectivity index (χ1v) is 7.30. The third-order valence-electron chi connectivity index (χ3n) is 3.11. The lowest BCUT2D eigenvalue weighted by Crippen LogP contribution is -2.51. The van der Waals surface area contributed by atoms with Crippen LogP contribution >= 0.6 is 24.0 Å². The lowest BCUT2D eigenvalue weighted by molar-refractivity contribution is -0.121. The number of hydrogen-bond acceptors (Lipinski definition) is 3. The number of guanidine groups is 1. The fourth-order valence-electron chi connectivity index (χ4n) is 1.96. The molecule has 0 unspecified atom stereocenters. The Kier molecular flexibility index (Phi) is 8.53. The maximum Gasteiger partial charge on any atom is 0.242 e. The number of halogens is 1. The van der Waals surface area contributed by atoms with Gasteiger partial charge in [0.15, 0.2) is 5.96 Å². The Morgan fingerprint density at radius 3 is 2.33 bits per heavy atom. The van der Waals surface area contributed by atoms with E-state index in [4.69, 9.17) is 0 Å². The molecular weight excluding hydrogens is 383 g/mol. The van der Waals surface area contributed by atoms with Crippen molar-refractivity contribution in [1.29, 1.82) is 0 Å². The number of amides is 1. The molecule has 0 bridgehead atoms. The molecule has 1 aliphatic rings. The summed E-state index contributed by atoms with van der Waals surface area (Å²) in [6, 6.07) is 0. The zero-order chi connectivity index (χ0) is 15.2. The van der Waals surface area contributed by atoms with Crippen LogP contribution in [0.1, 0.15) is 47.0 Å². The second-order valence-electron chi connectivity index (χ2n) is 6.42. The molecule has 7 heteroatoms. The van der Waals surface area contributed by atoms with Gasteiger partial charge in [-0.1, -0.05) is 0 Å². The Labute approximate surface area is 144 Å². The Balaban J connectivity index is 0.00000400. The number of rotatable bonds is 5. The summed E-state index contributed by atoms with van der Waals surface area (Å²) in [5, 5.41) is 19.1. The van der Waals surface area contributed by atoms with Crippen molar-refractivity contribution < 1.29 is 9.90 Å². The monoisotopic (exact) mass is 412 g/mol. The molecule has 0 aromatic rings. The van der Waals surface area contributed by atoms with Gasteiger partial charge in [-0.25, -0.2) is 4.99 Å². The van der Waals surface area contributed by atoms with Gasteiger partial charge < -0.3 is 21.1 Å². The van der Waals surface area contributed by atoms with E-state index in [9.17, 15) is 9.90 Å². The van der Waals surface area contributed by atoms with Gasteiger partial charge in [0.25, 0.3) is 0 Å². The second kappa shape index (κ2) is 8.77. The van der Waals surface area contributed by atoms with E-state index < -0.39 is 5.60 Å². The SMILES string of the molecule is CCNC(=NCC(=O)NC(C)(C)C)NCC1(O)CCC1.I. The predicted molar refractivity (Wildman–Crippen MR) is 96.1 cm³/mol. The molecule has 6 nitrogen and oxygen atoms in total. The zero-order valence-corrected chi connectivity index (χ0v) is 15.8. The molecule has 1 fully saturated rings. The van der Waals surface area contributed by atoms with Crippen molar-refractivity contribution in [1.82, 2.24) is 16.0 Å². The summed E-state index contributed by atoms with van der Waals surface area (Å²) in [4.78, 5) is 15.9. The molecule has 0 spiro atoms. The van der Waals surface area contributed by atoms with Crippen LogP contribution in [0, 0.1) is 0 Å². The van der Waals surface area contributed by atoms with Gasteiger partial charge >= 0.3 is 0 Å². The van der Waals surface area contributed by atoms with Crippen LogP contribution in [-0.4, -0.2) is 47.7 Å². The van der Waals surface area contributed by atoms with Crippen LogP contribution in [0.5, 0.6) is 0 Å². The summed E-state index contributed by atoms with van der Waals surface area (Å²) in [6.07, 6.45) is 2.72. The van der Waals surface area contributed by atoms with Gasteiger partial charge in [0.1, 0.15) is 6.54 Å². The van der Waals surface area contributed by atoms with E-state index in [2.05, 4.69) is 20.9 Å². The highest BCUT2D eigenvalue weighted by molar-refractivity contribution is 14.0. The highest BCUT2D eigenvalue weighted by Crippen LogP contribution is 2.30. The third-order valence-corrected chi connectivity index (χ3v) is 3.11. The molecule has 0 heterocycles. The Morgan fingerprint density at radius 2 is 1.90 bits per heavy atom. The highest BCUT2D eigenvalue weighted by atomic mass is 127. The molecule has 21 heavy (non-hydrogen) atoms. The number of aliphatic hydroxyl groups is 1. The summed E-state index contributed by atoms with van der Waals surface area (Å²) in [7, 11) is 0. The van der Waals surface area contributed by atoms with E-state index in [-0.39, 0.29) is 42.0 Å². The summed E-state index contributed by atoms with van der Waals surface area (Å²) in [6.45, 7) is 9.03. The number of nitrogens with one attached hydrogen (secondary N) is 3. The van der Waals surface area contributed by atoms with E-state index in [1.807, 2.05) is 27.7 Å². The Hall–Kier alpha value is -0.570. The average molecular weight is 412 g/mol. The van der Waals surface area contributed by atoms with Crippen LogP contribution in [0.3, 0.4) is 0 Å². The normalized spacial score (nSPS) is 17.3. The molecule has 1 amide bonds. The Morgan fingerprint density at radius 1 is 1.29 bits per heavy atom. The standard InChI is InChI=1S/C14H28N4O2.HI/c1-5-15-12(17-10-14(20)7-6-8-14)16-9-11(19)18-13(2,3)4;/h20H,5-10H2,1-4H3,(H,18,19)(H2,15,16,17);1H. The molecule has 0 atom stereocenters. The predicted octanol–water partition coefficient (Wildman–Crippen LogP) is 0.989. The van der Waals surface area contributed by atoms with Crippen LogP contribution in [0.4, 0.5) is 0 Å². The summed E-state index contributed by atoms with van der Waals surface area (Å²) in [5.74, 6) is 0.453. The second-order valence-corrected chi connectivity index (χ2v) is 6.42. The van der Waals surface area contributed by atoms with E-state index in [0.717, 1.165) is 19.3 Å². The fourth-order valence-corrected chi connectivity index (χ4v) is 1.96. The van der Waals surface area contributed by atoms with Crippen molar-refractivity contribution in [2.75, 3.05) is 19.6 Å². The van der Waals surface area contributed by atoms with Gasteiger partial charge in [0.2, 0.25) is 5.91 Å². The first-order valence-electron chi connectivity index (χ1n) is 7.30. The Bertz CT molecular complexity index is 362. The van der Waals surface area contributed by atoms with Crippen LogP contribution in [0.2, 0.25) is 0 Å². The van der Waals surface area contributed by atoms with Gasteiger partial charge in [-0.05, 0) is 47.0 Å². The number of nitrogens with zero attached hydrogens (tertiary/aromatic N) is 1. The maximum absolute atomic E-state index is 11.7. The lowest BCUT2D eigenvalue weighted by atomic mass is 9.80. The van der Waals surface area contributed by atoms with Crippen molar-refractivity contribution in [2.45, 2.75) is 58.1 Å². The maximum atomic E-state index is 11.7. The highest BCUT2D eigenvalue weighted by Gasteiger charge is 2.34. The van der Waals surface area contributed by atoms with Gasteiger partial charge in [-0.15, -0.1) is 24.0 Å². The molecule has 0 aliphatic heterocycles. The van der Waals surface area contributed by atoms with Crippen molar-refractivity contribution in [3.8, 4) is 0 Å². The number of carbonyl (C=O) groups is 1. The van der Waals surface area contributed by atoms with Gasteiger partial charge in [0.05, 0.1) is 5.60 Å². The summed E-state index contributed by atoms with van der Waals surface area (Å²) >= 11 is 0. The van der Waals surface area contributed by atoms with Crippen molar-refractivity contribution >= 4 is 35.8 Å². The largest absolute Gasteiger partial charge is 0.388 e. The molecule has 124 valence electrons. The number of aliphatic imine (C=N–C) groups is 1. The first kappa shape index (κ1) is 20.4. The van der Waals surface area contributed by atoms with Gasteiger partial charge in [-0.2, -0.15) is 0 Å². The van der Waals surface area contributed by atoms with E-state index in [0.29, 0.717) is 19.0 Å². The molecule has 1 aliphatic carbocycles. The summed E-state index contributed by atoms with van der Waals surface area (Å²) in [5.41, 5.74) is -0.858. The number of hydrogen-bond donors (Lipinski definition) is 4. The van der Waals surface area contributed by atoms with Crippen molar-refractivity contribution in [2.24, 2.45) is 4.99 Å². The quantitative estimate of drug-likeness (QED) is 0.308. The molecule has 0 saturated heterocycles. The molecule has 1 saturated carbocycles. The van der Waals surface area contributed by atoms with Gasteiger partial charge in [-0.3, -0.25) is 4.79 Å². The fraction of sp³-hybridized carbons (Fsp3) is 0.857. The topological polar surface area (TPSA) is 85.8 Å². The van der Waals surface area contributed by atoms with E-state index in [1.165, 1.54) is 0 Å². The molecule has 0 aromatic carbocycles. The molecule has 1 rings (SSSR count). The van der Waals surface area contributed by atoms with Crippen LogP contribution in [-0.2, 0) is 4.79 Å². The smallest absolute Gasteiger partial charge is 0.242 e. The molecule has 0 radical (unpaired) electrons. The summed E-state index contributed by atoms with van der Waals surface area (Å²) < 4.78 is 0. The lowest BCUT2D eigenvalue weighted by Gasteiger charge is -2.36. The van der Waals surface area contributed by atoms with Crippen LogP contribution in [0.15, 0.2) is 4.99 Å². The van der Waals surface area contributed by atoms with Gasteiger partial charge in [0, 0.05) is 18.6 Å². The average Bonchev–Trinajstić information content (AvgIpc) is 2.28. The van der Waals surface area contributed by atoms with Crippen molar-refractivity contribution in [3.63, 3.8) is 0 Å². The molecule has 0 aromatic heterocycles. The van der Waals surface area contributed by atoms with E-state index in [1.54, 1.807) is 0 Å². The third kappa shape index (κ3) is 8.45. The number of carbonyl (C=O) groups excluding carboxylic acids is 1. The first-order chi connectivity index (χ1) is 9.24. The van der Waals surface area contributed by atoms with Crippen LogP contribution < -0.4 is 16.0 Å². The zero-order valence-electron chi connectivity index (χ0n) is 13.5. The van der Waals surface area contributed by atoms with Crippen molar-refractivity contribution in [3.05, 3.63) is 0 Å². The minimum atomic E-state index is -0.607.